The highest BCUT2D eigenvalue weighted by molar-refractivity contribution is 5.96. The first-order chi connectivity index (χ1) is 14.5. The molecule has 1 saturated heterocycles. The number of aromatic nitrogens is 2. The van der Waals surface area contributed by atoms with Crippen LogP contribution >= 0.6 is 0 Å². The first-order valence-corrected chi connectivity index (χ1v) is 9.34. The SMILES string of the molecule is COc1ccc(CC(=O)Nc2nnc([C@H]3CC(=O)N(c4ccc(F)cc4)C3)o2)cc1. The van der Waals surface area contributed by atoms with Gasteiger partial charge in [-0.25, -0.2) is 4.39 Å². The summed E-state index contributed by atoms with van der Waals surface area (Å²) in [6.07, 6.45) is 0.334. The Kier molecular flexibility index (Phi) is 5.42. The Hall–Kier alpha value is -3.75. The van der Waals surface area contributed by atoms with Crippen LogP contribution in [0.5, 0.6) is 5.75 Å². The summed E-state index contributed by atoms with van der Waals surface area (Å²) in [5.74, 6) is -0.105. The summed E-state index contributed by atoms with van der Waals surface area (Å²) >= 11 is 0. The average Bonchev–Trinajstić information content (AvgIpc) is 3.36. The standard InChI is InChI=1S/C21H19FN4O4/c1-29-17-8-2-13(3-9-17)10-18(27)23-21-25-24-20(30-21)14-11-19(28)26(12-14)16-6-4-15(22)5-7-16/h2-9,14H,10-12H2,1H3,(H,23,25,27)/t14-/m0/s1. The van der Waals surface area contributed by atoms with Crippen LogP contribution in [-0.4, -0.2) is 35.7 Å². The number of amides is 2. The number of halogens is 1. The molecule has 8 nitrogen and oxygen atoms in total. The average molecular weight is 410 g/mol. The van der Waals surface area contributed by atoms with Crippen molar-refractivity contribution in [3.8, 4) is 5.75 Å². The fraction of sp³-hybridized carbons (Fsp3) is 0.238. The Morgan fingerprint density at radius 2 is 1.93 bits per heavy atom. The normalized spacial score (nSPS) is 16.0. The highest BCUT2D eigenvalue weighted by atomic mass is 19.1. The molecular formula is C21H19FN4O4. The van der Waals surface area contributed by atoms with Crippen LogP contribution in [0.2, 0.25) is 0 Å². The minimum atomic E-state index is -0.367. The predicted octanol–water partition coefficient (Wildman–Crippen LogP) is 2.92. The smallest absolute Gasteiger partial charge is 0.322 e. The highest BCUT2D eigenvalue weighted by Gasteiger charge is 2.35. The number of carbonyl (C=O) groups is 2. The topological polar surface area (TPSA) is 97.6 Å². The molecule has 3 aromatic rings. The van der Waals surface area contributed by atoms with E-state index < -0.39 is 0 Å². The molecule has 1 N–H and O–H groups in total. The largest absolute Gasteiger partial charge is 0.497 e. The summed E-state index contributed by atoms with van der Waals surface area (Å²) in [6, 6.07) is 12.8. The van der Waals surface area contributed by atoms with E-state index in [1.165, 1.54) is 12.1 Å². The Bertz CT molecular complexity index is 1050. The molecule has 154 valence electrons. The molecule has 0 aliphatic carbocycles. The second-order valence-electron chi connectivity index (χ2n) is 6.90. The van der Waals surface area contributed by atoms with Crippen molar-refractivity contribution in [3.63, 3.8) is 0 Å². The van der Waals surface area contributed by atoms with Gasteiger partial charge in [0.2, 0.25) is 17.7 Å². The van der Waals surface area contributed by atoms with Crippen LogP contribution in [0.15, 0.2) is 52.9 Å². The van der Waals surface area contributed by atoms with Gasteiger partial charge in [-0.05, 0) is 42.0 Å². The zero-order chi connectivity index (χ0) is 21.1. The summed E-state index contributed by atoms with van der Waals surface area (Å²) in [4.78, 5) is 26.1. The first kappa shape index (κ1) is 19.6. The minimum absolute atomic E-state index is 0.0174. The second kappa shape index (κ2) is 8.32. The molecule has 4 rings (SSSR count). The summed E-state index contributed by atoms with van der Waals surface area (Å²) in [5.41, 5.74) is 1.42. The van der Waals surface area contributed by atoms with Crippen LogP contribution in [0.3, 0.4) is 0 Å². The first-order valence-electron chi connectivity index (χ1n) is 9.34. The third-order valence-electron chi connectivity index (χ3n) is 4.82. The van der Waals surface area contributed by atoms with Crippen molar-refractivity contribution in [2.75, 3.05) is 23.9 Å². The van der Waals surface area contributed by atoms with Crippen molar-refractivity contribution >= 4 is 23.5 Å². The molecule has 9 heteroatoms. The molecule has 0 bridgehead atoms. The lowest BCUT2D eigenvalue weighted by molar-refractivity contribution is -0.117. The van der Waals surface area contributed by atoms with Gasteiger partial charge in [-0.2, -0.15) is 0 Å². The lowest BCUT2D eigenvalue weighted by atomic mass is 10.1. The quantitative estimate of drug-likeness (QED) is 0.671. The number of nitrogens with one attached hydrogen (secondary N) is 1. The van der Waals surface area contributed by atoms with Gasteiger partial charge < -0.3 is 14.1 Å². The highest BCUT2D eigenvalue weighted by Crippen LogP contribution is 2.31. The number of carbonyl (C=O) groups excluding carboxylic acids is 2. The van der Waals surface area contributed by atoms with Crippen LogP contribution in [0.25, 0.3) is 0 Å². The molecule has 1 aromatic heterocycles. The molecular weight excluding hydrogens is 391 g/mol. The fourth-order valence-electron chi connectivity index (χ4n) is 3.29. The zero-order valence-corrected chi connectivity index (χ0v) is 16.2. The number of methoxy groups -OCH3 is 1. The van der Waals surface area contributed by atoms with E-state index in [1.54, 1.807) is 48.4 Å². The maximum Gasteiger partial charge on any atom is 0.322 e. The van der Waals surface area contributed by atoms with Crippen LogP contribution in [-0.2, 0) is 16.0 Å². The van der Waals surface area contributed by atoms with Crippen LogP contribution in [0.4, 0.5) is 16.1 Å². The van der Waals surface area contributed by atoms with Gasteiger partial charge in [-0.1, -0.05) is 17.2 Å². The number of hydrogen-bond acceptors (Lipinski definition) is 6. The molecule has 0 unspecified atom stereocenters. The van der Waals surface area contributed by atoms with Crippen LogP contribution < -0.4 is 15.0 Å². The fourth-order valence-corrected chi connectivity index (χ4v) is 3.29. The van der Waals surface area contributed by atoms with E-state index in [-0.39, 0.29) is 48.3 Å². The lowest BCUT2D eigenvalue weighted by Crippen LogP contribution is -2.24. The van der Waals surface area contributed by atoms with Gasteiger partial charge in [0.05, 0.1) is 19.4 Å². The van der Waals surface area contributed by atoms with E-state index >= 15 is 0 Å². The van der Waals surface area contributed by atoms with Gasteiger partial charge in [0.15, 0.2) is 0 Å². The van der Waals surface area contributed by atoms with Crippen LogP contribution in [0, 0.1) is 5.82 Å². The molecule has 2 aromatic carbocycles. The van der Waals surface area contributed by atoms with E-state index in [4.69, 9.17) is 9.15 Å². The van der Waals surface area contributed by atoms with E-state index in [0.717, 1.165) is 5.56 Å². The number of ether oxygens (including phenoxy) is 1. The molecule has 1 aliphatic heterocycles. The lowest BCUT2D eigenvalue weighted by Gasteiger charge is -2.15. The molecule has 2 heterocycles. The van der Waals surface area contributed by atoms with E-state index in [9.17, 15) is 14.0 Å². The Morgan fingerprint density at radius 3 is 2.63 bits per heavy atom. The molecule has 0 saturated carbocycles. The van der Waals surface area contributed by atoms with E-state index in [1.807, 2.05) is 0 Å². The third-order valence-corrected chi connectivity index (χ3v) is 4.82. The Balaban J connectivity index is 1.37. The van der Waals surface area contributed by atoms with E-state index in [0.29, 0.717) is 18.0 Å². The Morgan fingerprint density at radius 1 is 1.20 bits per heavy atom. The maximum atomic E-state index is 13.1. The van der Waals surface area contributed by atoms with Gasteiger partial charge in [-0.15, -0.1) is 5.10 Å². The molecule has 1 fully saturated rings. The second-order valence-corrected chi connectivity index (χ2v) is 6.90. The van der Waals surface area contributed by atoms with Crippen LogP contribution in [0.1, 0.15) is 23.8 Å². The van der Waals surface area contributed by atoms with Crippen molar-refractivity contribution in [2.24, 2.45) is 0 Å². The third kappa shape index (κ3) is 4.29. The molecule has 1 aliphatic rings. The van der Waals surface area contributed by atoms with Gasteiger partial charge in [-0.3, -0.25) is 14.9 Å². The van der Waals surface area contributed by atoms with E-state index in [2.05, 4.69) is 15.5 Å². The van der Waals surface area contributed by atoms with Gasteiger partial charge >= 0.3 is 6.01 Å². The van der Waals surface area contributed by atoms with Crippen molar-refractivity contribution in [1.29, 1.82) is 0 Å². The Labute approximate surface area is 171 Å². The number of benzene rings is 2. The molecule has 1 atom stereocenters. The molecule has 30 heavy (non-hydrogen) atoms. The monoisotopic (exact) mass is 410 g/mol. The van der Waals surface area contributed by atoms with Crippen molar-refractivity contribution in [2.45, 2.75) is 18.8 Å². The van der Waals surface area contributed by atoms with Gasteiger partial charge in [0.1, 0.15) is 11.6 Å². The molecule has 0 spiro atoms. The molecule has 0 radical (unpaired) electrons. The molecule has 2 amide bonds. The van der Waals surface area contributed by atoms with Crippen molar-refractivity contribution in [3.05, 3.63) is 65.8 Å². The van der Waals surface area contributed by atoms with Gasteiger partial charge in [0.25, 0.3) is 0 Å². The number of nitrogens with zero attached hydrogens (tertiary/aromatic N) is 3. The summed E-state index contributed by atoms with van der Waals surface area (Å²) in [6.45, 7) is 0.339. The predicted molar refractivity (Wildman–Crippen MR) is 106 cm³/mol. The van der Waals surface area contributed by atoms with Crippen molar-refractivity contribution < 1.29 is 23.1 Å². The summed E-state index contributed by atoms with van der Waals surface area (Å²) in [5, 5.41) is 10.4. The number of hydrogen-bond donors (Lipinski definition) is 1. The zero-order valence-electron chi connectivity index (χ0n) is 16.2. The van der Waals surface area contributed by atoms with Crippen molar-refractivity contribution in [1.82, 2.24) is 10.2 Å². The summed E-state index contributed by atoms with van der Waals surface area (Å²) < 4.78 is 23.8. The number of anilines is 2. The maximum absolute atomic E-state index is 13.1. The van der Waals surface area contributed by atoms with Gasteiger partial charge in [0, 0.05) is 18.7 Å². The minimum Gasteiger partial charge on any atom is -0.497 e. The number of rotatable bonds is 6. The summed E-state index contributed by atoms with van der Waals surface area (Å²) in [7, 11) is 1.58.